The minimum absolute atomic E-state index is 0.0104. The van der Waals surface area contributed by atoms with Gasteiger partial charge in [0.25, 0.3) is 5.91 Å². The first kappa shape index (κ1) is 8.68. The Kier molecular flexibility index (Phi) is 1.86. The first-order chi connectivity index (χ1) is 7.34. The summed E-state index contributed by atoms with van der Waals surface area (Å²) < 4.78 is 0. The Morgan fingerprint density at radius 1 is 1.20 bits per heavy atom. The van der Waals surface area contributed by atoms with E-state index in [0.29, 0.717) is 0 Å². The predicted octanol–water partition coefficient (Wildman–Crippen LogP) is 2.90. The van der Waals surface area contributed by atoms with Gasteiger partial charge in [0, 0.05) is 17.0 Å². The highest BCUT2D eigenvalue weighted by molar-refractivity contribution is 7.10. The minimum atomic E-state index is 0.0104. The average Bonchev–Trinajstić information content (AvgIpc) is 2.64. The van der Waals surface area contributed by atoms with E-state index in [1.54, 1.807) is 11.3 Å². The van der Waals surface area contributed by atoms with Crippen LogP contribution in [0.5, 0.6) is 0 Å². The molecule has 0 fully saturated rings. The monoisotopic (exact) mass is 215 g/mol. The van der Waals surface area contributed by atoms with Gasteiger partial charge in [0.1, 0.15) is 0 Å². The lowest BCUT2D eigenvalue weighted by atomic mass is 10.1. The molecular weight excluding hydrogens is 206 g/mol. The highest BCUT2D eigenvalue weighted by atomic mass is 32.1. The van der Waals surface area contributed by atoms with Crippen molar-refractivity contribution in [3.63, 3.8) is 0 Å². The van der Waals surface area contributed by atoms with Crippen molar-refractivity contribution >= 4 is 22.9 Å². The Morgan fingerprint density at radius 3 is 3.00 bits per heavy atom. The van der Waals surface area contributed by atoms with Crippen molar-refractivity contribution in [2.45, 2.75) is 6.42 Å². The summed E-state index contributed by atoms with van der Waals surface area (Å²) in [4.78, 5) is 13.0. The average molecular weight is 215 g/mol. The van der Waals surface area contributed by atoms with Gasteiger partial charge in [-0.25, -0.2) is 0 Å². The van der Waals surface area contributed by atoms with Gasteiger partial charge in [0.15, 0.2) is 0 Å². The summed E-state index contributed by atoms with van der Waals surface area (Å²) in [6, 6.07) is 9.84. The van der Waals surface area contributed by atoms with Crippen LogP contribution in [0.4, 0.5) is 5.69 Å². The molecule has 0 saturated carbocycles. The zero-order valence-corrected chi connectivity index (χ0v) is 8.80. The maximum absolute atomic E-state index is 11.8. The Morgan fingerprint density at radius 2 is 2.07 bits per heavy atom. The smallest absolute Gasteiger partial charge is 0.256 e. The number of rotatable bonds is 0. The molecule has 15 heavy (non-hydrogen) atoms. The number of benzene rings is 1. The van der Waals surface area contributed by atoms with E-state index in [4.69, 9.17) is 0 Å². The molecule has 2 aromatic rings. The van der Waals surface area contributed by atoms with Crippen LogP contribution in [-0.4, -0.2) is 5.91 Å². The van der Waals surface area contributed by atoms with Crippen LogP contribution < -0.4 is 5.32 Å². The quantitative estimate of drug-likeness (QED) is 0.719. The molecule has 0 spiro atoms. The highest BCUT2D eigenvalue weighted by Crippen LogP contribution is 2.28. The number of anilines is 1. The number of thiophene rings is 1. The molecular formula is C12H9NOS. The van der Waals surface area contributed by atoms with Crippen LogP contribution in [0, 0.1) is 0 Å². The SMILES string of the molecule is O=C1Nc2ccccc2Cc2sccc21. The van der Waals surface area contributed by atoms with Gasteiger partial charge in [0.2, 0.25) is 0 Å². The van der Waals surface area contributed by atoms with Gasteiger partial charge in [-0.2, -0.15) is 0 Å². The van der Waals surface area contributed by atoms with Gasteiger partial charge in [0.05, 0.1) is 5.56 Å². The van der Waals surface area contributed by atoms with Gasteiger partial charge in [-0.1, -0.05) is 18.2 Å². The molecule has 3 heteroatoms. The maximum Gasteiger partial charge on any atom is 0.256 e. The fourth-order valence-electron chi connectivity index (χ4n) is 1.84. The number of hydrogen-bond donors (Lipinski definition) is 1. The van der Waals surface area contributed by atoms with Gasteiger partial charge in [-0.05, 0) is 23.1 Å². The van der Waals surface area contributed by atoms with E-state index < -0.39 is 0 Å². The Labute approximate surface area is 91.6 Å². The summed E-state index contributed by atoms with van der Waals surface area (Å²) >= 11 is 1.65. The van der Waals surface area contributed by atoms with Crippen molar-refractivity contribution in [3.05, 3.63) is 51.7 Å². The third kappa shape index (κ3) is 1.36. The third-order valence-electron chi connectivity index (χ3n) is 2.61. The topological polar surface area (TPSA) is 29.1 Å². The zero-order chi connectivity index (χ0) is 10.3. The lowest BCUT2D eigenvalue weighted by Crippen LogP contribution is -2.10. The van der Waals surface area contributed by atoms with Crippen LogP contribution in [0.25, 0.3) is 0 Å². The van der Waals surface area contributed by atoms with Crippen LogP contribution in [0.3, 0.4) is 0 Å². The second kappa shape index (κ2) is 3.21. The second-order valence-electron chi connectivity index (χ2n) is 3.55. The van der Waals surface area contributed by atoms with Crippen LogP contribution in [0.1, 0.15) is 20.8 Å². The van der Waals surface area contributed by atoms with Gasteiger partial charge < -0.3 is 5.32 Å². The Balaban J connectivity index is 2.18. The van der Waals surface area contributed by atoms with Crippen LogP contribution in [-0.2, 0) is 6.42 Å². The summed E-state index contributed by atoms with van der Waals surface area (Å²) in [5, 5.41) is 4.90. The van der Waals surface area contributed by atoms with Crippen molar-refractivity contribution < 1.29 is 4.79 Å². The highest BCUT2D eigenvalue weighted by Gasteiger charge is 2.19. The summed E-state index contributed by atoms with van der Waals surface area (Å²) in [6.45, 7) is 0. The summed E-state index contributed by atoms with van der Waals surface area (Å²) in [6.07, 6.45) is 0.849. The molecule has 2 nitrogen and oxygen atoms in total. The van der Waals surface area contributed by atoms with Gasteiger partial charge in [-0.15, -0.1) is 11.3 Å². The molecule has 1 N–H and O–H groups in total. The Hall–Kier alpha value is -1.61. The van der Waals surface area contributed by atoms with Crippen molar-refractivity contribution in [2.24, 2.45) is 0 Å². The molecule has 0 aliphatic carbocycles. The molecule has 0 bridgehead atoms. The van der Waals surface area contributed by atoms with E-state index in [0.717, 1.165) is 22.5 Å². The number of para-hydroxylation sites is 1. The molecule has 0 saturated heterocycles. The molecule has 1 aliphatic heterocycles. The fraction of sp³-hybridized carbons (Fsp3) is 0.0833. The maximum atomic E-state index is 11.8. The number of nitrogens with one attached hydrogen (secondary N) is 1. The summed E-state index contributed by atoms with van der Waals surface area (Å²) in [5.41, 5.74) is 2.94. The van der Waals surface area contributed by atoms with Crippen LogP contribution >= 0.6 is 11.3 Å². The molecule has 0 atom stereocenters. The number of carbonyl (C=O) groups excluding carboxylic acids is 1. The molecule has 0 radical (unpaired) electrons. The molecule has 2 heterocycles. The first-order valence-electron chi connectivity index (χ1n) is 4.80. The van der Waals surface area contributed by atoms with Crippen molar-refractivity contribution in [1.29, 1.82) is 0 Å². The van der Waals surface area contributed by atoms with E-state index in [-0.39, 0.29) is 5.91 Å². The van der Waals surface area contributed by atoms with Crippen LogP contribution in [0.2, 0.25) is 0 Å². The van der Waals surface area contributed by atoms with Crippen molar-refractivity contribution in [2.75, 3.05) is 5.32 Å². The summed E-state index contributed by atoms with van der Waals surface area (Å²) in [7, 11) is 0. The van der Waals surface area contributed by atoms with Gasteiger partial charge in [-0.3, -0.25) is 4.79 Å². The lowest BCUT2D eigenvalue weighted by Gasteiger charge is -2.04. The zero-order valence-electron chi connectivity index (χ0n) is 7.99. The number of carbonyl (C=O) groups is 1. The number of fused-ring (bicyclic) bond motifs is 2. The third-order valence-corrected chi connectivity index (χ3v) is 3.53. The summed E-state index contributed by atoms with van der Waals surface area (Å²) in [5.74, 6) is 0.0104. The van der Waals surface area contributed by atoms with Crippen LogP contribution in [0.15, 0.2) is 35.7 Å². The molecule has 0 unspecified atom stereocenters. The van der Waals surface area contributed by atoms with E-state index in [1.807, 2.05) is 29.6 Å². The number of hydrogen-bond acceptors (Lipinski definition) is 2. The van der Waals surface area contributed by atoms with Crippen molar-refractivity contribution in [3.8, 4) is 0 Å². The van der Waals surface area contributed by atoms with Crippen molar-refractivity contribution in [1.82, 2.24) is 0 Å². The molecule has 1 aromatic heterocycles. The first-order valence-corrected chi connectivity index (χ1v) is 5.68. The second-order valence-corrected chi connectivity index (χ2v) is 4.55. The fourth-order valence-corrected chi connectivity index (χ4v) is 2.73. The normalized spacial score (nSPS) is 13.7. The number of amides is 1. The lowest BCUT2D eigenvalue weighted by molar-refractivity contribution is 0.102. The van der Waals surface area contributed by atoms with E-state index in [1.165, 1.54) is 5.56 Å². The molecule has 3 rings (SSSR count). The largest absolute Gasteiger partial charge is 0.322 e. The van der Waals surface area contributed by atoms with E-state index >= 15 is 0 Å². The Bertz CT molecular complexity index is 530. The molecule has 1 aliphatic rings. The minimum Gasteiger partial charge on any atom is -0.322 e. The molecule has 74 valence electrons. The molecule has 1 amide bonds. The van der Waals surface area contributed by atoms with Gasteiger partial charge >= 0.3 is 0 Å². The molecule has 1 aromatic carbocycles. The van der Waals surface area contributed by atoms with E-state index in [2.05, 4.69) is 11.4 Å². The van der Waals surface area contributed by atoms with E-state index in [9.17, 15) is 4.79 Å². The standard InChI is InChI=1S/C12H9NOS/c14-12-9-5-6-15-11(9)7-8-3-1-2-4-10(8)13-12/h1-6H,7H2,(H,13,14). The predicted molar refractivity (Wildman–Crippen MR) is 61.5 cm³/mol.